The standard InChI is InChI=1S/C10H21NO/c1-8(9(2)12)11-7-5-6-10(11,3)4/h8-9,12H,5-7H2,1-4H3. The van der Waals surface area contributed by atoms with E-state index in [0.29, 0.717) is 6.04 Å². The molecular formula is C10H21NO. The number of likely N-dealkylation sites (tertiary alicyclic amines) is 1. The molecule has 0 aromatic rings. The first kappa shape index (κ1) is 10.0. The molecule has 0 aliphatic carbocycles. The molecule has 1 aliphatic rings. The van der Waals surface area contributed by atoms with Crippen LogP contribution in [0.25, 0.3) is 0 Å². The predicted molar refractivity (Wildman–Crippen MR) is 51.2 cm³/mol. The third-order valence-corrected chi connectivity index (χ3v) is 3.15. The third-order valence-electron chi connectivity index (χ3n) is 3.15. The summed E-state index contributed by atoms with van der Waals surface area (Å²) in [4.78, 5) is 2.41. The summed E-state index contributed by atoms with van der Waals surface area (Å²) in [6.45, 7) is 9.65. The molecule has 0 bridgehead atoms. The first-order valence-electron chi connectivity index (χ1n) is 4.90. The molecule has 0 saturated carbocycles. The Hall–Kier alpha value is -0.0800. The molecule has 2 unspecified atom stereocenters. The van der Waals surface area contributed by atoms with Crippen LogP contribution in [0, 0.1) is 0 Å². The molecule has 72 valence electrons. The Morgan fingerprint density at radius 1 is 1.33 bits per heavy atom. The minimum atomic E-state index is -0.220. The van der Waals surface area contributed by atoms with Gasteiger partial charge in [0.1, 0.15) is 0 Å². The Bertz CT molecular complexity index is 154. The maximum Gasteiger partial charge on any atom is 0.0664 e. The molecule has 1 aliphatic heterocycles. The number of nitrogens with zero attached hydrogens (tertiary/aromatic N) is 1. The van der Waals surface area contributed by atoms with Gasteiger partial charge in [-0.1, -0.05) is 0 Å². The molecule has 0 aromatic heterocycles. The summed E-state index contributed by atoms with van der Waals surface area (Å²) in [6.07, 6.45) is 2.30. The van der Waals surface area contributed by atoms with E-state index in [0.717, 1.165) is 6.54 Å². The Balaban J connectivity index is 2.62. The Kier molecular flexibility index (Phi) is 2.79. The van der Waals surface area contributed by atoms with Crippen molar-refractivity contribution in [1.82, 2.24) is 4.90 Å². The van der Waals surface area contributed by atoms with Crippen LogP contribution < -0.4 is 0 Å². The van der Waals surface area contributed by atoms with E-state index in [1.807, 2.05) is 6.92 Å². The Labute approximate surface area is 75.6 Å². The highest BCUT2D eigenvalue weighted by atomic mass is 16.3. The lowest BCUT2D eigenvalue weighted by Gasteiger charge is -2.38. The molecule has 0 spiro atoms. The summed E-state index contributed by atoms with van der Waals surface area (Å²) in [7, 11) is 0. The van der Waals surface area contributed by atoms with Crippen molar-refractivity contribution in [1.29, 1.82) is 0 Å². The SMILES string of the molecule is CC(O)C(C)N1CCCC1(C)C. The van der Waals surface area contributed by atoms with E-state index in [1.54, 1.807) is 0 Å². The second kappa shape index (κ2) is 3.35. The minimum Gasteiger partial charge on any atom is -0.392 e. The van der Waals surface area contributed by atoms with Gasteiger partial charge in [0.15, 0.2) is 0 Å². The van der Waals surface area contributed by atoms with E-state index in [1.165, 1.54) is 12.8 Å². The molecule has 2 nitrogen and oxygen atoms in total. The lowest BCUT2D eigenvalue weighted by Crippen LogP contribution is -2.48. The van der Waals surface area contributed by atoms with Crippen molar-refractivity contribution >= 4 is 0 Å². The van der Waals surface area contributed by atoms with Crippen LogP contribution in [-0.2, 0) is 0 Å². The molecule has 1 fully saturated rings. The van der Waals surface area contributed by atoms with E-state index in [9.17, 15) is 5.11 Å². The highest BCUT2D eigenvalue weighted by Gasteiger charge is 2.36. The monoisotopic (exact) mass is 171 g/mol. The molecule has 0 aromatic carbocycles. The number of hydrogen-bond donors (Lipinski definition) is 1. The topological polar surface area (TPSA) is 23.5 Å². The predicted octanol–water partition coefficient (Wildman–Crippen LogP) is 1.63. The number of rotatable bonds is 2. The fourth-order valence-electron chi connectivity index (χ4n) is 2.14. The molecule has 2 atom stereocenters. The van der Waals surface area contributed by atoms with Gasteiger partial charge >= 0.3 is 0 Å². The number of aliphatic hydroxyl groups excluding tert-OH is 1. The van der Waals surface area contributed by atoms with Gasteiger partial charge < -0.3 is 5.11 Å². The zero-order valence-electron chi connectivity index (χ0n) is 8.67. The quantitative estimate of drug-likeness (QED) is 0.682. The summed E-state index contributed by atoms with van der Waals surface area (Å²) < 4.78 is 0. The molecule has 1 heterocycles. The minimum absolute atomic E-state index is 0.220. The van der Waals surface area contributed by atoms with Crippen molar-refractivity contribution < 1.29 is 5.11 Å². The largest absolute Gasteiger partial charge is 0.392 e. The maximum absolute atomic E-state index is 9.47. The fourth-order valence-corrected chi connectivity index (χ4v) is 2.14. The lowest BCUT2D eigenvalue weighted by atomic mass is 10.00. The van der Waals surface area contributed by atoms with Gasteiger partial charge in [0, 0.05) is 11.6 Å². The first-order chi connectivity index (χ1) is 5.45. The first-order valence-corrected chi connectivity index (χ1v) is 4.90. The third kappa shape index (κ3) is 1.80. The molecule has 1 rings (SSSR count). The van der Waals surface area contributed by atoms with Crippen LogP contribution in [0.5, 0.6) is 0 Å². The van der Waals surface area contributed by atoms with Crippen LogP contribution >= 0.6 is 0 Å². The number of hydrogen-bond acceptors (Lipinski definition) is 2. The summed E-state index contributed by atoms with van der Waals surface area (Å²) in [5.41, 5.74) is 0.288. The fraction of sp³-hybridized carbons (Fsp3) is 1.00. The van der Waals surface area contributed by atoms with Gasteiger partial charge in [0.25, 0.3) is 0 Å². The molecule has 0 amide bonds. The van der Waals surface area contributed by atoms with Crippen molar-refractivity contribution in [3.05, 3.63) is 0 Å². The molecule has 1 N–H and O–H groups in total. The van der Waals surface area contributed by atoms with Crippen molar-refractivity contribution in [2.24, 2.45) is 0 Å². The highest BCUT2D eigenvalue weighted by molar-refractivity contribution is 4.91. The van der Waals surface area contributed by atoms with E-state index < -0.39 is 0 Å². The van der Waals surface area contributed by atoms with Gasteiger partial charge in [-0.25, -0.2) is 0 Å². The van der Waals surface area contributed by atoms with Crippen LogP contribution in [0.15, 0.2) is 0 Å². The second-order valence-corrected chi connectivity index (χ2v) is 4.59. The van der Waals surface area contributed by atoms with Crippen LogP contribution in [0.3, 0.4) is 0 Å². The zero-order valence-corrected chi connectivity index (χ0v) is 8.67. The van der Waals surface area contributed by atoms with Gasteiger partial charge in [-0.3, -0.25) is 4.90 Å². The van der Waals surface area contributed by atoms with E-state index >= 15 is 0 Å². The summed E-state index contributed by atoms with van der Waals surface area (Å²) in [6, 6.07) is 0.294. The molecule has 0 radical (unpaired) electrons. The van der Waals surface area contributed by atoms with Gasteiger partial charge in [0.2, 0.25) is 0 Å². The van der Waals surface area contributed by atoms with E-state index in [-0.39, 0.29) is 11.6 Å². The van der Waals surface area contributed by atoms with Crippen LogP contribution in [0.2, 0.25) is 0 Å². The molecule has 2 heteroatoms. The summed E-state index contributed by atoms with van der Waals surface area (Å²) in [5, 5.41) is 9.47. The molecule has 1 saturated heterocycles. The van der Waals surface area contributed by atoms with E-state index in [2.05, 4.69) is 25.7 Å². The molecular weight excluding hydrogens is 150 g/mol. The Morgan fingerprint density at radius 2 is 1.92 bits per heavy atom. The zero-order chi connectivity index (χ0) is 9.35. The van der Waals surface area contributed by atoms with Crippen molar-refractivity contribution in [2.75, 3.05) is 6.54 Å². The van der Waals surface area contributed by atoms with Crippen molar-refractivity contribution in [2.45, 2.75) is 58.2 Å². The molecule has 12 heavy (non-hydrogen) atoms. The summed E-state index contributed by atoms with van der Waals surface area (Å²) in [5.74, 6) is 0. The maximum atomic E-state index is 9.47. The number of aliphatic hydroxyl groups is 1. The average molecular weight is 171 g/mol. The second-order valence-electron chi connectivity index (χ2n) is 4.59. The smallest absolute Gasteiger partial charge is 0.0664 e. The van der Waals surface area contributed by atoms with Crippen molar-refractivity contribution in [3.63, 3.8) is 0 Å². The normalized spacial score (nSPS) is 28.8. The van der Waals surface area contributed by atoms with Gasteiger partial charge in [-0.05, 0) is 47.1 Å². The summed E-state index contributed by atoms with van der Waals surface area (Å²) >= 11 is 0. The van der Waals surface area contributed by atoms with Gasteiger partial charge in [-0.2, -0.15) is 0 Å². The Morgan fingerprint density at radius 3 is 2.25 bits per heavy atom. The van der Waals surface area contributed by atoms with Gasteiger partial charge in [0.05, 0.1) is 6.10 Å². The van der Waals surface area contributed by atoms with Crippen molar-refractivity contribution in [3.8, 4) is 0 Å². The van der Waals surface area contributed by atoms with Gasteiger partial charge in [-0.15, -0.1) is 0 Å². The van der Waals surface area contributed by atoms with Crippen LogP contribution in [0.1, 0.15) is 40.5 Å². The van der Waals surface area contributed by atoms with Crippen LogP contribution in [0.4, 0.5) is 0 Å². The average Bonchev–Trinajstić information content (AvgIpc) is 2.27. The van der Waals surface area contributed by atoms with Crippen LogP contribution in [-0.4, -0.2) is 34.2 Å². The van der Waals surface area contributed by atoms with E-state index in [4.69, 9.17) is 0 Å². The lowest BCUT2D eigenvalue weighted by molar-refractivity contribution is 0.0344. The highest BCUT2D eigenvalue weighted by Crippen LogP contribution is 2.30.